The number of nitrogens with zero attached hydrogens (tertiary/aromatic N) is 1. The second-order valence-corrected chi connectivity index (χ2v) is 8.82. The molecule has 0 unspecified atom stereocenters. The third-order valence-electron chi connectivity index (χ3n) is 5.62. The number of fused-ring (bicyclic) bond motifs is 1. The molecular formula is C28H22F3NO4S. The van der Waals surface area contributed by atoms with Crippen LogP contribution in [0.15, 0.2) is 60.8 Å². The van der Waals surface area contributed by atoms with Crippen molar-refractivity contribution in [1.82, 2.24) is 4.98 Å². The molecule has 9 heteroatoms. The van der Waals surface area contributed by atoms with Gasteiger partial charge in [0.1, 0.15) is 23.2 Å². The van der Waals surface area contributed by atoms with Crippen molar-refractivity contribution >= 4 is 33.8 Å². The molecule has 190 valence electrons. The van der Waals surface area contributed by atoms with E-state index in [9.17, 15) is 18.0 Å². The number of thiocarbonyl (C=S) groups is 1. The molecule has 0 aliphatic rings. The lowest BCUT2D eigenvalue weighted by molar-refractivity contribution is -0.117. The smallest absolute Gasteiger partial charge is 0.166 e. The van der Waals surface area contributed by atoms with Gasteiger partial charge in [-0.15, -0.1) is 0 Å². The van der Waals surface area contributed by atoms with E-state index in [1.54, 1.807) is 30.5 Å². The van der Waals surface area contributed by atoms with Crippen LogP contribution < -0.4 is 14.2 Å². The summed E-state index contributed by atoms with van der Waals surface area (Å²) >= 11 is 5.30. The summed E-state index contributed by atoms with van der Waals surface area (Å²) in [5.74, 6) is -1.04. The molecule has 37 heavy (non-hydrogen) atoms. The lowest BCUT2D eigenvalue weighted by atomic mass is 10.0. The molecule has 0 saturated carbocycles. The van der Waals surface area contributed by atoms with E-state index in [0.29, 0.717) is 38.6 Å². The maximum Gasteiger partial charge on any atom is 0.166 e. The predicted molar refractivity (Wildman–Crippen MR) is 137 cm³/mol. The van der Waals surface area contributed by atoms with Crippen LogP contribution in [0.2, 0.25) is 0 Å². The number of carbonyl (C=O) groups excluding carboxylic acids is 1. The van der Waals surface area contributed by atoms with Crippen molar-refractivity contribution in [2.45, 2.75) is 19.3 Å². The number of ketones is 1. The van der Waals surface area contributed by atoms with Crippen molar-refractivity contribution in [3.63, 3.8) is 0 Å². The highest BCUT2D eigenvalue weighted by Crippen LogP contribution is 2.37. The van der Waals surface area contributed by atoms with Crippen molar-refractivity contribution in [2.75, 3.05) is 14.2 Å². The van der Waals surface area contributed by atoms with Crippen molar-refractivity contribution < 1.29 is 32.2 Å². The van der Waals surface area contributed by atoms with Gasteiger partial charge in [-0.1, -0.05) is 24.4 Å². The van der Waals surface area contributed by atoms with Crippen LogP contribution >= 0.6 is 12.2 Å². The number of pyridine rings is 1. The van der Waals surface area contributed by atoms with Gasteiger partial charge in [-0.05, 0) is 41.5 Å². The van der Waals surface area contributed by atoms with Gasteiger partial charge in [-0.25, -0.2) is 13.2 Å². The minimum atomic E-state index is -0.781. The first-order valence-corrected chi connectivity index (χ1v) is 11.6. The first-order valence-electron chi connectivity index (χ1n) is 11.2. The Morgan fingerprint density at radius 2 is 1.59 bits per heavy atom. The second kappa shape index (κ2) is 11.4. The van der Waals surface area contributed by atoms with Gasteiger partial charge >= 0.3 is 0 Å². The predicted octanol–water partition coefficient (Wildman–Crippen LogP) is 6.58. The van der Waals surface area contributed by atoms with Crippen molar-refractivity contribution in [2.24, 2.45) is 0 Å². The summed E-state index contributed by atoms with van der Waals surface area (Å²) < 4.78 is 58.3. The molecule has 0 atom stereocenters. The van der Waals surface area contributed by atoms with Gasteiger partial charge in [0.15, 0.2) is 23.1 Å². The fourth-order valence-electron chi connectivity index (χ4n) is 3.84. The van der Waals surface area contributed by atoms with Crippen LogP contribution in [0.5, 0.6) is 23.0 Å². The van der Waals surface area contributed by atoms with E-state index >= 15 is 0 Å². The number of aromatic nitrogens is 1. The fourth-order valence-corrected chi connectivity index (χ4v) is 4.17. The van der Waals surface area contributed by atoms with Crippen LogP contribution in [0, 0.1) is 17.5 Å². The number of ether oxygens (including phenoxy) is 3. The van der Waals surface area contributed by atoms with Crippen LogP contribution in [0.1, 0.15) is 17.5 Å². The molecule has 3 aromatic carbocycles. The molecule has 5 nitrogen and oxygen atoms in total. The Hall–Kier alpha value is -3.98. The van der Waals surface area contributed by atoms with Gasteiger partial charge in [-0.2, -0.15) is 0 Å². The minimum Gasteiger partial charge on any atom is -0.493 e. The van der Waals surface area contributed by atoms with Crippen molar-refractivity contribution in [1.29, 1.82) is 0 Å². The molecular weight excluding hydrogens is 503 g/mol. The van der Waals surface area contributed by atoms with E-state index in [1.807, 2.05) is 0 Å². The number of hydrogen-bond donors (Lipinski definition) is 0. The number of hydrogen-bond acceptors (Lipinski definition) is 6. The van der Waals surface area contributed by atoms with Crippen LogP contribution in [-0.2, 0) is 17.6 Å². The third kappa shape index (κ3) is 6.24. The summed E-state index contributed by atoms with van der Waals surface area (Å²) in [5, 5.41) is 0.612. The summed E-state index contributed by atoms with van der Waals surface area (Å²) in [6.45, 7) is 0. The molecule has 0 saturated heterocycles. The maximum atomic E-state index is 14.9. The lowest BCUT2D eigenvalue weighted by Gasteiger charge is -2.13. The molecule has 1 heterocycles. The number of methoxy groups -OCH3 is 2. The van der Waals surface area contributed by atoms with E-state index in [1.165, 1.54) is 32.4 Å². The minimum absolute atomic E-state index is 0.000172. The molecule has 4 aromatic rings. The normalized spacial score (nSPS) is 10.8. The highest BCUT2D eigenvalue weighted by atomic mass is 32.1. The Bertz CT molecular complexity index is 1490. The Morgan fingerprint density at radius 1 is 0.838 bits per heavy atom. The number of Topliss-reactive ketones (excluding diaryl/α,β-unsaturated/α-hetero) is 1. The first kappa shape index (κ1) is 26.1. The molecule has 0 fully saturated rings. The van der Waals surface area contributed by atoms with E-state index in [2.05, 4.69) is 4.98 Å². The highest BCUT2D eigenvalue weighted by molar-refractivity contribution is 7.80. The summed E-state index contributed by atoms with van der Waals surface area (Å²) in [7, 11) is 3.03. The standard InChI is InChI=1S/C28H22F3NO4S/c1-34-27-14-21-24(15-28(27)35-2)32-8-7-25(21)36-26-6-3-16(10-23(26)31)9-20(37)13-19(33)11-17-4-5-18(29)12-22(17)30/h3-8,10,12,14-15H,9,11,13H2,1-2H3. The van der Waals surface area contributed by atoms with E-state index in [-0.39, 0.29) is 36.4 Å². The zero-order valence-electron chi connectivity index (χ0n) is 20.0. The number of benzene rings is 3. The van der Waals surface area contributed by atoms with E-state index < -0.39 is 17.5 Å². The Balaban J connectivity index is 1.44. The molecule has 0 spiro atoms. The van der Waals surface area contributed by atoms with Gasteiger partial charge in [0.05, 0.1) is 19.7 Å². The number of halogens is 3. The quantitative estimate of drug-likeness (QED) is 0.218. The summed E-state index contributed by atoms with van der Waals surface area (Å²) in [5.41, 5.74) is 1.24. The zero-order valence-corrected chi connectivity index (χ0v) is 20.8. The molecule has 1 aromatic heterocycles. The summed E-state index contributed by atoms with van der Waals surface area (Å²) in [6, 6.07) is 12.5. The Labute approximate surface area is 216 Å². The van der Waals surface area contributed by atoms with Gasteiger partial charge in [0.25, 0.3) is 0 Å². The maximum absolute atomic E-state index is 14.9. The lowest BCUT2D eigenvalue weighted by Crippen LogP contribution is -2.12. The molecule has 0 aliphatic heterocycles. The fraction of sp³-hybridized carbons (Fsp3) is 0.179. The molecule has 4 rings (SSSR count). The van der Waals surface area contributed by atoms with Crippen molar-refractivity contribution in [3.05, 3.63) is 89.4 Å². The van der Waals surface area contributed by atoms with Crippen LogP contribution in [0.3, 0.4) is 0 Å². The molecule has 0 bridgehead atoms. The highest BCUT2D eigenvalue weighted by Gasteiger charge is 2.15. The zero-order chi connectivity index (χ0) is 26.5. The third-order valence-corrected chi connectivity index (χ3v) is 5.91. The van der Waals surface area contributed by atoms with Gasteiger partial charge in [-0.3, -0.25) is 9.78 Å². The molecule has 0 radical (unpaired) electrons. The van der Waals surface area contributed by atoms with E-state index in [4.69, 9.17) is 26.4 Å². The van der Waals surface area contributed by atoms with Crippen molar-refractivity contribution in [3.8, 4) is 23.0 Å². The molecule has 0 amide bonds. The van der Waals surface area contributed by atoms with Gasteiger partial charge in [0.2, 0.25) is 0 Å². The largest absolute Gasteiger partial charge is 0.493 e. The average Bonchev–Trinajstić information content (AvgIpc) is 2.86. The molecule has 0 aliphatic carbocycles. The average molecular weight is 526 g/mol. The Kier molecular flexibility index (Phi) is 8.03. The van der Waals surface area contributed by atoms with Crippen LogP contribution in [0.4, 0.5) is 13.2 Å². The van der Waals surface area contributed by atoms with E-state index in [0.717, 1.165) is 12.1 Å². The van der Waals surface area contributed by atoms with Gasteiger partial charge in [0, 0.05) is 47.8 Å². The second-order valence-electron chi connectivity index (χ2n) is 8.24. The monoisotopic (exact) mass is 525 g/mol. The SMILES string of the molecule is COc1cc2nccc(Oc3ccc(CC(=S)CC(=O)Cc4ccc(F)cc4F)cc3F)c2cc1OC. The molecule has 0 N–H and O–H groups in total. The summed E-state index contributed by atoms with van der Waals surface area (Å²) in [6.07, 6.45) is 1.44. The topological polar surface area (TPSA) is 57.7 Å². The van der Waals surface area contributed by atoms with Gasteiger partial charge < -0.3 is 14.2 Å². The summed E-state index contributed by atoms with van der Waals surface area (Å²) in [4.78, 5) is 17.0. The first-order chi connectivity index (χ1) is 17.8. The number of carbonyl (C=O) groups is 1. The van der Waals surface area contributed by atoms with Crippen LogP contribution in [-0.4, -0.2) is 29.9 Å². The Morgan fingerprint density at radius 3 is 2.30 bits per heavy atom. The number of rotatable bonds is 10. The van der Waals surface area contributed by atoms with Crippen LogP contribution in [0.25, 0.3) is 10.9 Å².